The Kier molecular flexibility index (Phi) is 6.40. The molecule has 0 bridgehead atoms. The molecule has 1 heterocycles. The quantitative estimate of drug-likeness (QED) is 0.390. The van der Waals surface area contributed by atoms with Crippen molar-refractivity contribution in [1.82, 2.24) is 0 Å². The number of aliphatic hydroxyl groups is 3. The zero-order valence-electron chi connectivity index (χ0n) is 18.4. The Labute approximate surface area is 190 Å². The van der Waals surface area contributed by atoms with Gasteiger partial charge in [0.15, 0.2) is 0 Å². The van der Waals surface area contributed by atoms with Crippen LogP contribution in [-0.2, 0) is 31.9 Å². The standard InChI is InChI=1S/C24H26O9/c1-23(2,31)18(27)11-15-10-13(4-9-17(15)26)12-24(22(30)32-3)19(20(28)21(29)33-24)14-5-7-16(25)8-6-14/h4-10,18,25-28,31H,11-12H2,1-3H3/t18-,24+/m0/s1. The molecule has 2 aromatic rings. The first-order valence-corrected chi connectivity index (χ1v) is 10.1. The second kappa shape index (κ2) is 8.76. The monoisotopic (exact) mass is 458 g/mol. The molecule has 1 aliphatic rings. The van der Waals surface area contributed by atoms with Crippen LogP contribution in [0.4, 0.5) is 0 Å². The highest BCUT2D eigenvalue weighted by atomic mass is 16.6. The molecular formula is C24H26O9. The van der Waals surface area contributed by atoms with Gasteiger partial charge in [-0.05, 0) is 48.7 Å². The first-order valence-electron chi connectivity index (χ1n) is 10.1. The van der Waals surface area contributed by atoms with Crippen LogP contribution in [0.25, 0.3) is 5.57 Å². The molecule has 0 saturated heterocycles. The molecule has 5 N–H and O–H groups in total. The summed E-state index contributed by atoms with van der Waals surface area (Å²) in [5, 5.41) is 50.6. The van der Waals surface area contributed by atoms with Crippen LogP contribution in [0.3, 0.4) is 0 Å². The molecule has 3 rings (SSSR count). The molecule has 2 atom stereocenters. The Balaban J connectivity index is 2.08. The summed E-state index contributed by atoms with van der Waals surface area (Å²) in [5.41, 5.74) is -2.59. The number of aromatic hydroxyl groups is 2. The maximum Gasteiger partial charge on any atom is 0.375 e. The van der Waals surface area contributed by atoms with Gasteiger partial charge in [0.25, 0.3) is 0 Å². The van der Waals surface area contributed by atoms with E-state index in [4.69, 9.17) is 9.47 Å². The predicted octanol–water partition coefficient (Wildman–Crippen LogP) is 1.75. The molecule has 33 heavy (non-hydrogen) atoms. The first kappa shape index (κ1) is 24.1. The molecular weight excluding hydrogens is 432 g/mol. The summed E-state index contributed by atoms with van der Waals surface area (Å²) < 4.78 is 10.3. The van der Waals surface area contributed by atoms with Gasteiger partial charge in [0.2, 0.25) is 11.4 Å². The topological polar surface area (TPSA) is 154 Å². The van der Waals surface area contributed by atoms with E-state index in [1.54, 1.807) is 0 Å². The molecule has 176 valence electrons. The Bertz CT molecular complexity index is 1100. The van der Waals surface area contributed by atoms with Crippen LogP contribution in [0.15, 0.2) is 48.2 Å². The van der Waals surface area contributed by atoms with Gasteiger partial charge in [-0.3, -0.25) is 0 Å². The molecule has 9 heteroatoms. The van der Waals surface area contributed by atoms with E-state index in [1.165, 1.54) is 56.3 Å². The molecule has 0 aromatic heterocycles. The summed E-state index contributed by atoms with van der Waals surface area (Å²) in [4.78, 5) is 25.3. The van der Waals surface area contributed by atoms with E-state index >= 15 is 0 Å². The van der Waals surface area contributed by atoms with E-state index < -0.39 is 35.0 Å². The first-order chi connectivity index (χ1) is 15.4. The summed E-state index contributed by atoms with van der Waals surface area (Å²) in [5.74, 6) is -2.99. The van der Waals surface area contributed by atoms with Gasteiger partial charge in [-0.2, -0.15) is 0 Å². The van der Waals surface area contributed by atoms with Crippen molar-refractivity contribution >= 4 is 17.5 Å². The average Bonchev–Trinajstić information content (AvgIpc) is 3.00. The van der Waals surface area contributed by atoms with Gasteiger partial charge in [0, 0.05) is 12.8 Å². The molecule has 0 unspecified atom stereocenters. The molecule has 0 radical (unpaired) electrons. The van der Waals surface area contributed by atoms with E-state index in [1.807, 2.05) is 0 Å². The number of carbonyl (C=O) groups is 2. The summed E-state index contributed by atoms with van der Waals surface area (Å²) in [6.07, 6.45) is -1.52. The van der Waals surface area contributed by atoms with Crippen LogP contribution in [0.5, 0.6) is 11.5 Å². The zero-order chi connectivity index (χ0) is 24.6. The predicted molar refractivity (Wildman–Crippen MR) is 116 cm³/mol. The third-order valence-electron chi connectivity index (χ3n) is 5.60. The number of cyclic esters (lactones) is 1. The third kappa shape index (κ3) is 4.64. The Hall–Kier alpha value is -3.56. The summed E-state index contributed by atoms with van der Waals surface area (Å²) >= 11 is 0. The van der Waals surface area contributed by atoms with Crippen molar-refractivity contribution in [3.05, 3.63) is 64.9 Å². The van der Waals surface area contributed by atoms with Crippen LogP contribution in [0, 0.1) is 0 Å². The van der Waals surface area contributed by atoms with Crippen molar-refractivity contribution in [1.29, 1.82) is 0 Å². The number of benzene rings is 2. The number of hydrogen-bond donors (Lipinski definition) is 5. The fraction of sp³-hybridized carbons (Fsp3) is 0.333. The maximum atomic E-state index is 12.9. The minimum atomic E-state index is -2.03. The fourth-order valence-electron chi connectivity index (χ4n) is 3.71. The van der Waals surface area contributed by atoms with Crippen molar-refractivity contribution in [3.63, 3.8) is 0 Å². The minimum Gasteiger partial charge on any atom is -0.508 e. The third-order valence-corrected chi connectivity index (χ3v) is 5.60. The minimum absolute atomic E-state index is 0.0544. The van der Waals surface area contributed by atoms with E-state index in [0.29, 0.717) is 11.1 Å². The average molecular weight is 458 g/mol. The maximum absolute atomic E-state index is 12.9. The lowest BCUT2D eigenvalue weighted by Gasteiger charge is -2.28. The number of methoxy groups -OCH3 is 1. The van der Waals surface area contributed by atoms with Gasteiger partial charge in [-0.15, -0.1) is 0 Å². The molecule has 0 spiro atoms. The number of phenolic OH excluding ortho intramolecular Hbond substituents is 2. The number of carbonyl (C=O) groups excluding carboxylic acids is 2. The summed E-state index contributed by atoms with van der Waals surface area (Å²) in [6.45, 7) is 2.86. The molecule has 9 nitrogen and oxygen atoms in total. The molecule has 0 aliphatic carbocycles. The molecule has 0 saturated carbocycles. The van der Waals surface area contributed by atoms with Crippen LogP contribution in [-0.4, -0.2) is 61.9 Å². The molecule has 2 aromatic carbocycles. The molecule has 0 fully saturated rings. The van der Waals surface area contributed by atoms with Crippen molar-refractivity contribution in [2.75, 3.05) is 7.11 Å². The molecule has 0 amide bonds. The van der Waals surface area contributed by atoms with Crippen molar-refractivity contribution in [2.45, 2.75) is 44.0 Å². The van der Waals surface area contributed by atoms with Crippen molar-refractivity contribution < 1.29 is 44.6 Å². The number of hydrogen-bond acceptors (Lipinski definition) is 9. The number of aliphatic hydroxyl groups excluding tert-OH is 2. The van der Waals surface area contributed by atoms with Gasteiger partial charge in [-0.25, -0.2) is 9.59 Å². The number of rotatable bonds is 7. The Morgan fingerprint density at radius 1 is 1.12 bits per heavy atom. The Morgan fingerprint density at radius 2 is 1.76 bits per heavy atom. The second-order valence-electron chi connectivity index (χ2n) is 8.49. The second-order valence-corrected chi connectivity index (χ2v) is 8.49. The molecule has 1 aliphatic heterocycles. The van der Waals surface area contributed by atoms with E-state index in [0.717, 1.165) is 7.11 Å². The van der Waals surface area contributed by atoms with Crippen molar-refractivity contribution in [2.24, 2.45) is 0 Å². The van der Waals surface area contributed by atoms with Crippen LogP contribution >= 0.6 is 0 Å². The Morgan fingerprint density at radius 3 is 2.33 bits per heavy atom. The van der Waals surface area contributed by atoms with Gasteiger partial charge in [0.05, 0.1) is 24.4 Å². The highest BCUT2D eigenvalue weighted by Crippen LogP contribution is 2.43. The van der Waals surface area contributed by atoms with Gasteiger partial charge < -0.3 is 35.0 Å². The SMILES string of the molecule is COC(=O)[C@]1(Cc2ccc(O)c(C[C@H](O)C(C)(C)O)c2)OC(=O)C(O)=C1c1ccc(O)cc1. The van der Waals surface area contributed by atoms with Crippen LogP contribution in [0.1, 0.15) is 30.5 Å². The van der Waals surface area contributed by atoms with Crippen molar-refractivity contribution in [3.8, 4) is 11.5 Å². The van der Waals surface area contributed by atoms with E-state index in [-0.39, 0.29) is 35.5 Å². The lowest BCUT2D eigenvalue weighted by atomic mass is 9.82. The number of esters is 2. The number of ether oxygens (including phenoxy) is 2. The lowest BCUT2D eigenvalue weighted by molar-refractivity contribution is -0.169. The smallest absolute Gasteiger partial charge is 0.375 e. The summed E-state index contributed by atoms with van der Waals surface area (Å²) in [7, 11) is 1.11. The van der Waals surface area contributed by atoms with E-state index in [2.05, 4.69) is 0 Å². The number of phenols is 2. The largest absolute Gasteiger partial charge is 0.508 e. The van der Waals surface area contributed by atoms with Gasteiger partial charge >= 0.3 is 11.9 Å². The highest BCUT2D eigenvalue weighted by molar-refractivity contribution is 6.11. The van der Waals surface area contributed by atoms with Crippen LogP contribution < -0.4 is 0 Å². The lowest BCUT2D eigenvalue weighted by Crippen LogP contribution is -2.44. The van der Waals surface area contributed by atoms with Gasteiger partial charge in [0.1, 0.15) is 11.5 Å². The van der Waals surface area contributed by atoms with Crippen LogP contribution in [0.2, 0.25) is 0 Å². The summed E-state index contributed by atoms with van der Waals surface area (Å²) in [6, 6.07) is 9.86. The normalized spacial score (nSPS) is 19.4. The van der Waals surface area contributed by atoms with E-state index in [9.17, 15) is 35.1 Å². The highest BCUT2D eigenvalue weighted by Gasteiger charge is 2.55. The fourth-order valence-corrected chi connectivity index (χ4v) is 3.71. The van der Waals surface area contributed by atoms with Gasteiger partial charge in [-0.1, -0.05) is 24.3 Å². The zero-order valence-corrected chi connectivity index (χ0v) is 18.4.